The Kier molecular flexibility index (Phi) is 39.8. The minimum Gasteiger partial charge on any atom is -0.445 e. The number of hydrogen-bond acceptors (Lipinski definition) is 16. The molecule has 3 unspecified atom stereocenters. The molecular formula is C77H124IN11O16. The Labute approximate surface area is 635 Å². The lowest BCUT2D eigenvalue weighted by atomic mass is 9.84. The van der Waals surface area contributed by atoms with Crippen LogP contribution in [0.2, 0.25) is 0 Å². The van der Waals surface area contributed by atoms with Gasteiger partial charge >= 0.3 is 12.1 Å². The van der Waals surface area contributed by atoms with E-state index in [1.54, 1.807) is 51.7 Å². The lowest BCUT2D eigenvalue weighted by Crippen LogP contribution is -2.59. The number of unbranched alkanes of at least 4 members (excludes halogenated alkanes) is 3. The maximum Gasteiger partial charge on any atom is 0.408 e. The Morgan fingerprint density at radius 1 is 0.705 bits per heavy atom. The maximum absolute atomic E-state index is 14.5. The second-order valence-electron chi connectivity index (χ2n) is 29.0. The highest BCUT2D eigenvalue weighted by Crippen LogP contribution is 2.43. The van der Waals surface area contributed by atoms with Crippen LogP contribution in [0.4, 0.5) is 15.3 Å². The van der Waals surface area contributed by atoms with E-state index in [1.807, 2.05) is 26.0 Å². The molecule has 2 aliphatic heterocycles. The number of carbonyl (C=O) groups is 11. The lowest BCUT2D eigenvalue weighted by Gasteiger charge is -2.37. The number of benzene rings is 2. The number of carbonyl (C=O) groups excluding carboxylic acids is 11. The smallest absolute Gasteiger partial charge is 0.408 e. The molecule has 12 N–H and O–H groups in total. The molecule has 0 aliphatic carbocycles. The van der Waals surface area contributed by atoms with Crippen molar-refractivity contribution in [3.05, 3.63) is 65.2 Å². The van der Waals surface area contributed by atoms with E-state index >= 15 is 0 Å². The first kappa shape index (κ1) is 90.4. The van der Waals surface area contributed by atoms with Gasteiger partial charge in [-0.2, -0.15) is 0 Å². The Balaban J connectivity index is 1.31. The summed E-state index contributed by atoms with van der Waals surface area (Å²) in [6, 6.07) is 7.12. The predicted octanol–water partition coefficient (Wildman–Crippen LogP) is 7.73. The summed E-state index contributed by atoms with van der Waals surface area (Å²) < 4.78 is 17.1. The summed E-state index contributed by atoms with van der Waals surface area (Å²) in [5.74, 6) is -5.69. The summed E-state index contributed by atoms with van der Waals surface area (Å²) in [7, 11) is 2.97. The van der Waals surface area contributed by atoms with E-state index in [4.69, 9.17) is 19.9 Å². The van der Waals surface area contributed by atoms with Crippen LogP contribution in [-0.4, -0.2) is 190 Å². The van der Waals surface area contributed by atoms with E-state index in [-0.39, 0.29) is 109 Å². The molecule has 2 aliphatic rings. The normalized spacial score (nSPS) is 18.3. The van der Waals surface area contributed by atoms with Crippen LogP contribution in [0.1, 0.15) is 214 Å². The third kappa shape index (κ3) is 28.3. The highest BCUT2D eigenvalue weighted by Gasteiger charge is 2.49. The number of ether oxygens (including phenoxy) is 3. The minimum absolute atomic E-state index is 0.0683. The number of hydrogen-bond donors (Lipinski definition) is 11. The summed E-state index contributed by atoms with van der Waals surface area (Å²) in [5, 5.41) is 42.7. The first-order valence-corrected chi connectivity index (χ1v) is 39.1. The van der Waals surface area contributed by atoms with Gasteiger partial charge in [0.15, 0.2) is 0 Å². The van der Waals surface area contributed by atoms with Gasteiger partial charge in [-0.05, 0) is 123 Å². The number of nitrogens with zero attached hydrogens (tertiary/aromatic N) is 2. The molecule has 0 bridgehead atoms. The molecule has 27 nitrogen and oxygen atoms in total. The van der Waals surface area contributed by atoms with Gasteiger partial charge in [0.1, 0.15) is 30.8 Å². The molecule has 2 aromatic rings. The quantitative estimate of drug-likeness (QED) is 0.0131. The Hall–Kier alpha value is -7.02. The fourth-order valence-corrected chi connectivity index (χ4v) is 14.8. The second kappa shape index (κ2) is 46.3. The van der Waals surface area contributed by atoms with Crippen LogP contribution in [0, 0.1) is 29.6 Å². The summed E-state index contributed by atoms with van der Waals surface area (Å²) in [6.45, 7) is 20.4. The molecule has 28 heteroatoms. The molecule has 0 spiro atoms. The van der Waals surface area contributed by atoms with Crippen molar-refractivity contribution in [2.75, 3.05) is 52.4 Å². The van der Waals surface area contributed by atoms with Crippen LogP contribution in [0.15, 0.2) is 48.5 Å². The number of nitrogens with two attached hydrogens (primary N) is 1. The van der Waals surface area contributed by atoms with Crippen LogP contribution < -0.4 is 48.3 Å². The van der Waals surface area contributed by atoms with Gasteiger partial charge < -0.3 is 77.6 Å². The summed E-state index contributed by atoms with van der Waals surface area (Å²) in [6.07, 6.45) is 8.47. The molecule has 2 fully saturated rings. The molecule has 0 radical (unpaired) electrons. The zero-order chi connectivity index (χ0) is 78.1. The Morgan fingerprint density at radius 2 is 1.39 bits per heavy atom. The molecule has 2 heterocycles. The Bertz CT molecular complexity index is 3130. The number of urea groups is 1. The number of anilines is 1. The number of aliphatic hydroxyl groups is 2. The van der Waals surface area contributed by atoms with E-state index in [0.29, 0.717) is 68.7 Å². The standard InChI is InChI=1S/C77H124IN11O16/c1-14-19-36-77(78,18-5)57-42-63(93)89(74(57)100)38-22-20-21-31-62(92)85-65(47(6)7)72(98)83-58(29-24-37-80-75(79)101)70(96)81-55-34-32-51(33-35-55)46-105-76(102)84-59(45-91)71(97)86-66(48(8)9)73(99)87-67(49(10)16-3)61(103-12)43-64(94)88-39-25-30-60(88)68(104-13)50(11)69(95)82-56(44-90)41-52-27-23-28-54(40-52)53(17-4)26-15-2/h23,27-28,32-35,40,47-50,53,56-61,65-68,90-91H,14-22,24-26,29-31,36-39,41-46H2,1-13H3,(H,81,96)(H,82,95)(H,83,98)(H,84,102)(H,85,92)(H,86,97)(H,87,99)(H3,79,80,101)/t49-,50+,53?,56-,57?,58-,59-,60-,61+,65-,66-,67-,68+,77?/m0/s1. The van der Waals surface area contributed by atoms with Crippen molar-refractivity contribution in [2.24, 2.45) is 35.3 Å². The zero-order valence-electron chi connectivity index (χ0n) is 64.4. The number of alkyl carbamates (subject to hydrolysis) is 1. The highest BCUT2D eigenvalue weighted by atomic mass is 127. The molecular weight excluding hydrogens is 1460 g/mol. The number of primary amides is 1. The summed E-state index contributed by atoms with van der Waals surface area (Å²) in [5.41, 5.74) is 8.28. The van der Waals surface area contributed by atoms with Crippen LogP contribution in [0.3, 0.4) is 0 Å². The third-order valence-corrected chi connectivity index (χ3v) is 22.7. The first-order valence-electron chi connectivity index (χ1n) is 38.0. The topological polar surface area (TPSA) is 385 Å². The molecule has 4 rings (SSSR count). The maximum atomic E-state index is 14.5. The largest absolute Gasteiger partial charge is 0.445 e. The molecule has 2 aromatic carbocycles. The fourth-order valence-electron chi connectivity index (χ4n) is 13.9. The fraction of sp³-hybridized carbons (Fsp3) is 0.701. The number of nitrogens with one attached hydrogen (secondary N) is 8. The van der Waals surface area contributed by atoms with Crippen molar-refractivity contribution in [3.8, 4) is 0 Å². The van der Waals surface area contributed by atoms with Gasteiger partial charge in [-0.15, -0.1) is 0 Å². The Morgan fingerprint density at radius 3 is 1.99 bits per heavy atom. The molecule has 105 heavy (non-hydrogen) atoms. The van der Waals surface area contributed by atoms with Crippen molar-refractivity contribution in [2.45, 2.75) is 269 Å². The minimum atomic E-state index is -1.55. The number of methoxy groups -OCH3 is 2. The number of amides is 12. The lowest BCUT2D eigenvalue weighted by molar-refractivity contribution is -0.143. The van der Waals surface area contributed by atoms with Crippen molar-refractivity contribution in [1.29, 1.82) is 0 Å². The van der Waals surface area contributed by atoms with Crippen LogP contribution in [0.25, 0.3) is 0 Å². The van der Waals surface area contributed by atoms with Gasteiger partial charge in [-0.25, -0.2) is 9.59 Å². The van der Waals surface area contributed by atoms with Gasteiger partial charge in [-0.3, -0.25) is 48.1 Å². The SMILES string of the molecule is CCCCC(I)(CC)C1CC(=O)N(CCCCCC(=O)N[C@H](C(=O)N[C@@H](CCCNC(N)=O)C(=O)Nc2ccc(COC(=O)N[C@@H](CO)C(=O)N[C@H](C(=O)N[C@@H]([C@@H](C)CC)[C@@H](CC(=O)N3CCC[C@H]3[C@H](OC)[C@@H](C)C(=O)N[C@H](CO)Cc3cccc(C(CC)CCC)c3)OC)C(C)C)cc2)C(C)C)C1=O. The van der Waals surface area contributed by atoms with Crippen LogP contribution in [-0.2, 0) is 70.4 Å². The van der Waals surface area contributed by atoms with E-state index in [2.05, 4.69) is 105 Å². The van der Waals surface area contributed by atoms with Gasteiger partial charge in [0.05, 0.1) is 61.8 Å². The van der Waals surface area contributed by atoms with Gasteiger partial charge in [-0.1, -0.05) is 167 Å². The molecule has 0 aromatic heterocycles. The van der Waals surface area contributed by atoms with Crippen molar-refractivity contribution < 1.29 is 77.2 Å². The van der Waals surface area contributed by atoms with E-state index < -0.39 is 109 Å². The molecule has 0 saturated carbocycles. The van der Waals surface area contributed by atoms with Gasteiger partial charge in [0.25, 0.3) is 0 Å². The molecule has 14 atom stereocenters. The van der Waals surface area contributed by atoms with E-state index in [1.165, 1.54) is 36.8 Å². The summed E-state index contributed by atoms with van der Waals surface area (Å²) >= 11 is 2.37. The number of alkyl halides is 1. The monoisotopic (exact) mass is 1590 g/mol. The molecule has 590 valence electrons. The molecule has 2 saturated heterocycles. The van der Waals surface area contributed by atoms with Crippen LogP contribution >= 0.6 is 22.6 Å². The average Bonchev–Trinajstić information content (AvgIpc) is 1.67. The zero-order valence-corrected chi connectivity index (χ0v) is 66.6. The third-order valence-electron chi connectivity index (χ3n) is 20.6. The van der Waals surface area contributed by atoms with Crippen molar-refractivity contribution in [3.63, 3.8) is 0 Å². The van der Waals surface area contributed by atoms with Crippen LogP contribution in [0.5, 0.6) is 0 Å². The number of rotatable bonds is 48. The van der Waals surface area contributed by atoms with Gasteiger partial charge in [0, 0.05) is 55.8 Å². The van der Waals surface area contributed by atoms with Crippen molar-refractivity contribution in [1.82, 2.24) is 47.0 Å². The van der Waals surface area contributed by atoms with Crippen molar-refractivity contribution >= 4 is 93.6 Å². The highest BCUT2D eigenvalue weighted by molar-refractivity contribution is 14.1. The average molecular weight is 1590 g/mol. The predicted molar refractivity (Wildman–Crippen MR) is 410 cm³/mol. The number of halogens is 1. The van der Waals surface area contributed by atoms with E-state index in [9.17, 15) is 63.0 Å². The number of likely N-dealkylation sites (tertiary alicyclic amines) is 2. The van der Waals surface area contributed by atoms with E-state index in [0.717, 1.165) is 50.5 Å². The second-order valence-corrected chi connectivity index (χ2v) is 31.2. The first-order chi connectivity index (χ1) is 50.0. The number of aliphatic hydroxyl groups excluding tert-OH is 2. The number of imide groups is 1. The summed E-state index contributed by atoms with van der Waals surface area (Å²) in [4.78, 5) is 152. The molecule has 12 amide bonds. The van der Waals surface area contributed by atoms with Gasteiger partial charge in [0.2, 0.25) is 53.2 Å².